The Hall–Kier alpha value is -3.03. The summed E-state index contributed by atoms with van der Waals surface area (Å²) in [4.78, 5) is 24.1. The molecule has 0 saturated carbocycles. The van der Waals surface area contributed by atoms with Gasteiger partial charge >= 0.3 is 0 Å². The molecular formula is C18H24N4O4. The van der Waals surface area contributed by atoms with Crippen LogP contribution in [0, 0.1) is 5.92 Å². The van der Waals surface area contributed by atoms with E-state index in [0.717, 1.165) is 6.42 Å². The summed E-state index contributed by atoms with van der Waals surface area (Å²) < 4.78 is 12.5. The highest BCUT2D eigenvalue weighted by molar-refractivity contribution is 5.99. The van der Waals surface area contributed by atoms with E-state index in [2.05, 4.69) is 29.8 Å². The van der Waals surface area contributed by atoms with Crippen LogP contribution < -0.4 is 20.3 Å². The van der Waals surface area contributed by atoms with Gasteiger partial charge in [0.25, 0.3) is 11.8 Å². The van der Waals surface area contributed by atoms with E-state index in [9.17, 15) is 9.59 Å². The number of hydrogen-bond donors (Lipinski definition) is 2. The number of benzene rings is 1. The highest BCUT2D eigenvalue weighted by Gasteiger charge is 2.13. The molecule has 0 aliphatic heterocycles. The van der Waals surface area contributed by atoms with Crippen molar-refractivity contribution in [1.29, 1.82) is 0 Å². The van der Waals surface area contributed by atoms with Crippen molar-refractivity contribution in [2.24, 2.45) is 13.0 Å². The van der Waals surface area contributed by atoms with Gasteiger partial charge < -0.3 is 9.47 Å². The van der Waals surface area contributed by atoms with Crippen molar-refractivity contribution in [1.82, 2.24) is 20.6 Å². The number of nitrogens with one attached hydrogen (secondary N) is 2. The summed E-state index contributed by atoms with van der Waals surface area (Å²) in [6, 6.07) is 4.85. The number of rotatable bonds is 7. The fourth-order valence-electron chi connectivity index (χ4n) is 2.13. The first kappa shape index (κ1) is 19.3. The number of ether oxygens (including phenoxy) is 2. The molecule has 1 heterocycles. The van der Waals surface area contributed by atoms with Crippen LogP contribution >= 0.6 is 0 Å². The molecule has 2 N–H and O–H groups in total. The Balaban J connectivity index is 1.96. The summed E-state index contributed by atoms with van der Waals surface area (Å²) in [5, 5.41) is 3.90. The quantitative estimate of drug-likeness (QED) is 0.736. The number of nitrogens with zero attached hydrogens (tertiary/aromatic N) is 2. The summed E-state index contributed by atoms with van der Waals surface area (Å²) in [7, 11) is 3.21. The molecule has 26 heavy (non-hydrogen) atoms. The molecular weight excluding hydrogens is 336 g/mol. The van der Waals surface area contributed by atoms with Crippen LogP contribution in [0.3, 0.4) is 0 Å². The number of carbonyl (C=O) groups excluding carboxylic acids is 2. The first-order valence-electron chi connectivity index (χ1n) is 8.31. The first-order valence-corrected chi connectivity index (χ1v) is 8.31. The Morgan fingerprint density at radius 3 is 2.42 bits per heavy atom. The van der Waals surface area contributed by atoms with Crippen LogP contribution in [0.25, 0.3) is 0 Å². The van der Waals surface area contributed by atoms with Gasteiger partial charge in [-0.25, -0.2) is 0 Å². The van der Waals surface area contributed by atoms with Gasteiger partial charge in [0.1, 0.15) is 0 Å². The normalized spacial score (nSPS) is 10.5. The third-order valence-corrected chi connectivity index (χ3v) is 3.64. The molecule has 0 unspecified atom stereocenters. The third-order valence-electron chi connectivity index (χ3n) is 3.64. The van der Waals surface area contributed by atoms with Crippen LogP contribution in [0.4, 0.5) is 0 Å². The molecule has 0 spiro atoms. The van der Waals surface area contributed by atoms with E-state index in [1.807, 2.05) is 0 Å². The molecule has 0 aliphatic carbocycles. The average Bonchev–Trinajstić information content (AvgIpc) is 3.05. The van der Waals surface area contributed by atoms with Crippen molar-refractivity contribution in [3.8, 4) is 11.5 Å². The minimum atomic E-state index is -0.464. The molecule has 2 rings (SSSR count). The molecule has 140 valence electrons. The highest BCUT2D eigenvalue weighted by Crippen LogP contribution is 2.28. The Morgan fingerprint density at radius 1 is 1.15 bits per heavy atom. The molecule has 1 aromatic heterocycles. The minimum Gasteiger partial charge on any atom is -0.493 e. The second-order valence-electron chi connectivity index (χ2n) is 6.21. The van der Waals surface area contributed by atoms with Gasteiger partial charge in [0.15, 0.2) is 11.5 Å². The predicted octanol–water partition coefficient (Wildman–Crippen LogP) is 1.93. The SMILES string of the molecule is COc1cc(C(=O)NNC(=O)c2cnn(C)c2)ccc1OCCC(C)C. The lowest BCUT2D eigenvalue weighted by Gasteiger charge is -2.13. The van der Waals surface area contributed by atoms with Gasteiger partial charge in [-0.15, -0.1) is 0 Å². The maximum atomic E-state index is 12.2. The van der Waals surface area contributed by atoms with Crippen molar-refractivity contribution >= 4 is 11.8 Å². The van der Waals surface area contributed by atoms with Crippen LogP contribution in [0.5, 0.6) is 11.5 Å². The number of methoxy groups -OCH3 is 1. The fourth-order valence-corrected chi connectivity index (χ4v) is 2.13. The topological polar surface area (TPSA) is 94.5 Å². The summed E-state index contributed by atoms with van der Waals surface area (Å²) in [5.41, 5.74) is 5.39. The van der Waals surface area contributed by atoms with E-state index < -0.39 is 11.8 Å². The zero-order valence-corrected chi connectivity index (χ0v) is 15.4. The Morgan fingerprint density at radius 2 is 1.85 bits per heavy atom. The molecule has 2 aromatic rings. The number of carbonyl (C=O) groups is 2. The van der Waals surface area contributed by atoms with E-state index >= 15 is 0 Å². The standard InChI is InChI=1S/C18H24N4O4/c1-12(2)7-8-26-15-6-5-13(9-16(15)25-4)17(23)20-21-18(24)14-10-19-22(3)11-14/h5-6,9-12H,7-8H2,1-4H3,(H,20,23)(H,21,24). The minimum absolute atomic E-state index is 0.338. The molecule has 2 amide bonds. The van der Waals surface area contributed by atoms with E-state index in [4.69, 9.17) is 9.47 Å². The lowest BCUT2D eigenvalue weighted by molar-refractivity contribution is 0.0846. The summed E-state index contributed by atoms with van der Waals surface area (Å²) in [6.45, 7) is 4.81. The Bertz CT molecular complexity index is 770. The fraction of sp³-hybridized carbons (Fsp3) is 0.389. The molecule has 0 atom stereocenters. The van der Waals surface area contributed by atoms with Crippen molar-refractivity contribution < 1.29 is 19.1 Å². The van der Waals surface area contributed by atoms with Crippen LogP contribution in [0.2, 0.25) is 0 Å². The highest BCUT2D eigenvalue weighted by atomic mass is 16.5. The summed E-state index contributed by atoms with van der Waals surface area (Å²) in [5.74, 6) is 0.653. The van der Waals surface area contributed by atoms with E-state index in [1.165, 1.54) is 18.0 Å². The number of amides is 2. The molecule has 1 aromatic carbocycles. The molecule has 0 saturated heterocycles. The monoisotopic (exact) mass is 360 g/mol. The number of hydrogen-bond acceptors (Lipinski definition) is 5. The number of aromatic nitrogens is 2. The van der Waals surface area contributed by atoms with Crippen molar-refractivity contribution in [2.75, 3.05) is 13.7 Å². The zero-order chi connectivity index (χ0) is 19.1. The lowest BCUT2D eigenvalue weighted by atomic mass is 10.1. The smallest absolute Gasteiger partial charge is 0.272 e. The van der Waals surface area contributed by atoms with Crippen LogP contribution in [-0.4, -0.2) is 35.3 Å². The maximum absolute atomic E-state index is 12.2. The van der Waals surface area contributed by atoms with Gasteiger partial charge in [0.05, 0.1) is 25.5 Å². The lowest BCUT2D eigenvalue weighted by Crippen LogP contribution is -2.41. The maximum Gasteiger partial charge on any atom is 0.272 e. The Kier molecular flexibility index (Phi) is 6.60. The van der Waals surface area contributed by atoms with Gasteiger partial charge in [-0.2, -0.15) is 5.10 Å². The molecule has 0 radical (unpaired) electrons. The summed E-state index contributed by atoms with van der Waals surface area (Å²) in [6.07, 6.45) is 3.88. The second-order valence-corrected chi connectivity index (χ2v) is 6.21. The van der Waals surface area contributed by atoms with Gasteiger partial charge in [-0.05, 0) is 30.5 Å². The molecule has 0 fully saturated rings. The van der Waals surface area contributed by atoms with E-state index in [1.54, 1.807) is 31.4 Å². The van der Waals surface area contributed by atoms with Crippen molar-refractivity contribution in [3.05, 3.63) is 41.7 Å². The second kappa shape index (κ2) is 8.89. The van der Waals surface area contributed by atoms with Crippen LogP contribution in [-0.2, 0) is 7.05 Å². The van der Waals surface area contributed by atoms with Crippen LogP contribution in [0.1, 0.15) is 41.0 Å². The van der Waals surface area contributed by atoms with E-state index in [-0.39, 0.29) is 0 Å². The zero-order valence-electron chi connectivity index (χ0n) is 15.4. The molecule has 0 aliphatic rings. The van der Waals surface area contributed by atoms with E-state index in [0.29, 0.717) is 35.2 Å². The summed E-state index contributed by atoms with van der Waals surface area (Å²) >= 11 is 0. The van der Waals surface area contributed by atoms with Gasteiger partial charge in [-0.1, -0.05) is 13.8 Å². The third kappa shape index (κ3) is 5.23. The number of aryl methyl sites for hydroxylation is 1. The molecule has 8 nitrogen and oxygen atoms in total. The largest absolute Gasteiger partial charge is 0.493 e. The molecule has 8 heteroatoms. The van der Waals surface area contributed by atoms with Gasteiger partial charge in [0.2, 0.25) is 0 Å². The first-order chi connectivity index (χ1) is 12.4. The van der Waals surface area contributed by atoms with Gasteiger partial charge in [0, 0.05) is 18.8 Å². The van der Waals surface area contributed by atoms with Gasteiger partial charge in [-0.3, -0.25) is 25.1 Å². The number of hydrazine groups is 1. The van der Waals surface area contributed by atoms with Crippen LogP contribution in [0.15, 0.2) is 30.6 Å². The van der Waals surface area contributed by atoms with Crippen molar-refractivity contribution in [3.63, 3.8) is 0 Å². The Labute approximate surface area is 152 Å². The molecule has 0 bridgehead atoms. The van der Waals surface area contributed by atoms with Crippen molar-refractivity contribution in [2.45, 2.75) is 20.3 Å². The average molecular weight is 360 g/mol. The predicted molar refractivity (Wildman–Crippen MR) is 96.1 cm³/mol.